The van der Waals surface area contributed by atoms with Crippen molar-refractivity contribution in [3.8, 4) is 0 Å². The zero-order chi connectivity index (χ0) is 11.1. The average molecular weight is 223 g/mol. The van der Waals surface area contributed by atoms with Crippen LogP contribution in [0.4, 0.5) is 0 Å². The van der Waals surface area contributed by atoms with Gasteiger partial charge in [0.25, 0.3) is 0 Å². The van der Waals surface area contributed by atoms with Crippen molar-refractivity contribution in [2.24, 2.45) is 11.8 Å². The Morgan fingerprint density at radius 2 is 1.81 bits per heavy atom. The van der Waals surface area contributed by atoms with Crippen LogP contribution in [0.5, 0.6) is 0 Å². The first-order valence-corrected chi connectivity index (χ1v) is 6.89. The van der Waals surface area contributed by atoms with Gasteiger partial charge in [0.15, 0.2) is 0 Å². The highest BCUT2D eigenvalue weighted by Crippen LogP contribution is 2.31. The maximum absolute atomic E-state index is 3.53. The van der Waals surface area contributed by atoms with Gasteiger partial charge in [0.05, 0.1) is 0 Å². The molecular formula is C13H25N3. The van der Waals surface area contributed by atoms with Crippen LogP contribution >= 0.6 is 0 Å². The third kappa shape index (κ3) is 1.89. The fourth-order valence-electron chi connectivity index (χ4n) is 3.79. The lowest BCUT2D eigenvalue weighted by atomic mass is 9.97. The van der Waals surface area contributed by atoms with Gasteiger partial charge in [-0.3, -0.25) is 4.90 Å². The number of nitrogens with one attached hydrogen (secondary N) is 1. The van der Waals surface area contributed by atoms with Gasteiger partial charge in [0.1, 0.15) is 0 Å². The molecule has 3 saturated heterocycles. The molecular weight excluding hydrogens is 198 g/mol. The molecule has 16 heavy (non-hydrogen) atoms. The van der Waals surface area contributed by atoms with Gasteiger partial charge in [-0.05, 0) is 58.3 Å². The maximum atomic E-state index is 3.53. The smallest absolute Gasteiger partial charge is 0.0122 e. The third-order valence-electron chi connectivity index (χ3n) is 5.11. The van der Waals surface area contributed by atoms with E-state index in [-0.39, 0.29) is 0 Å². The highest BCUT2D eigenvalue weighted by Gasteiger charge is 2.39. The van der Waals surface area contributed by atoms with Crippen molar-refractivity contribution in [2.75, 3.05) is 39.8 Å². The minimum Gasteiger partial charge on any atom is -0.316 e. The van der Waals surface area contributed by atoms with E-state index in [9.17, 15) is 0 Å². The van der Waals surface area contributed by atoms with Gasteiger partial charge in [-0.1, -0.05) is 0 Å². The molecule has 3 aliphatic rings. The van der Waals surface area contributed by atoms with E-state index >= 15 is 0 Å². The summed E-state index contributed by atoms with van der Waals surface area (Å²) < 4.78 is 0. The Labute approximate surface area is 99.2 Å². The Bertz CT molecular complexity index is 241. The molecule has 0 aromatic rings. The van der Waals surface area contributed by atoms with Gasteiger partial charge >= 0.3 is 0 Å². The second-order valence-electron chi connectivity index (χ2n) is 6.14. The lowest BCUT2D eigenvalue weighted by Gasteiger charge is -2.39. The van der Waals surface area contributed by atoms with Crippen molar-refractivity contribution in [1.29, 1.82) is 0 Å². The van der Waals surface area contributed by atoms with E-state index in [2.05, 4.69) is 29.1 Å². The highest BCUT2D eigenvalue weighted by molar-refractivity contribution is 4.95. The van der Waals surface area contributed by atoms with Crippen LogP contribution in [-0.2, 0) is 0 Å². The van der Waals surface area contributed by atoms with E-state index in [4.69, 9.17) is 0 Å². The molecule has 0 bridgehead atoms. The summed E-state index contributed by atoms with van der Waals surface area (Å²) in [6.07, 6.45) is 2.76. The summed E-state index contributed by atoms with van der Waals surface area (Å²) in [6, 6.07) is 1.65. The van der Waals surface area contributed by atoms with Crippen molar-refractivity contribution in [1.82, 2.24) is 15.1 Å². The number of nitrogens with zero attached hydrogens (tertiary/aromatic N) is 2. The van der Waals surface area contributed by atoms with Gasteiger partial charge in [0, 0.05) is 25.2 Å². The van der Waals surface area contributed by atoms with Crippen LogP contribution in [0.15, 0.2) is 0 Å². The zero-order valence-corrected chi connectivity index (χ0v) is 10.7. The largest absolute Gasteiger partial charge is 0.316 e. The molecule has 3 rings (SSSR count). The number of likely N-dealkylation sites (tertiary alicyclic amines) is 2. The molecule has 1 N–H and O–H groups in total. The van der Waals surface area contributed by atoms with Crippen LogP contribution in [0, 0.1) is 11.8 Å². The molecule has 3 aliphatic heterocycles. The molecule has 0 radical (unpaired) electrons. The minimum absolute atomic E-state index is 0.775. The first kappa shape index (κ1) is 11.0. The Hall–Kier alpha value is -0.120. The van der Waals surface area contributed by atoms with Gasteiger partial charge in [0.2, 0.25) is 0 Å². The maximum Gasteiger partial charge on any atom is 0.0122 e. The molecule has 4 atom stereocenters. The summed E-state index contributed by atoms with van der Waals surface area (Å²) >= 11 is 0. The molecule has 0 amide bonds. The summed E-state index contributed by atoms with van der Waals surface area (Å²) in [6.45, 7) is 8.92. The number of hydrogen-bond donors (Lipinski definition) is 1. The first-order chi connectivity index (χ1) is 7.74. The molecule has 4 unspecified atom stereocenters. The summed E-state index contributed by atoms with van der Waals surface area (Å²) in [5.74, 6) is 1.91. The Morgan fingerprint density at radius 3 is 2.44 bits per heavy atom. The second kappa shape index (κ2) is 4.28. The van der Waals surface area contributed by atoms with E-state index in [1.54, 1.807) is 0 Å². The number of fused-ring (bicyclic) bond motifs is 1. The van der Waals surface area contributed by atoms with E-state index in [0.717, 1.165) is 23.9 Å². The van der Waals surface area contributed by atoms with Crippen molar-refractivity contribution in [3.63, 3.8) is 0 Å². The highest BCUT2D eigenvalue weighted by atomic mass is 15.2. The van der Waals surface area contributed by atoms with Crippen molar-refractivity contribution in [3.05, 3.63) is 0 Å². The molecule has 0 saturated carbocycles. The van der Waals surface area contributed by atoms with Gasteiger partial charge in [-0.25, -0.2) is 0 Å². The minimum atomic E-state index is 0.775. The summed E-state index contributed by atoms with van der Waals surface area (Å²) in [5, 5.41) is 3.53. The zero-order valence-electron chi connectivity index (χ0n) is 10.7. The summed E-state index contributed by atoms with van der Waals surface area (Å²) in [5.41, 5.74) is 0. The quantitative estimate of drug-likeness (QED) is 0.703. The van der Waals surface area contributed by atoms with Crippen molar-refractivity contribution >= 4 is 0 Å². The lowest BCUT2D eigenvalue weighted by Crippen LogP contribution is -2.47. The SMILES string of the molecule is CC1CC(N2CC3CNCC3C2)CCN1C. The average Bonchev–Trinajstić information content (AvgIpc) is 2.81. The number of hydrogen-bond acceptors (Lipinski definition) is 3. The fourth-order valence-corrected chi connectivity index (χ4v) is 3.79. The van der Waals surface area contributed by atoms with Gasteiger partial charge in [-0.2, -0.15) is 0 Å². The Kier molecular flexibility index (Phi) is 2.94. The van der Waals surface area contributed by atoms with Crippen LogP contribution in [0.25, 0.3) is 0 Å². The fraction of sp³-hybridized carbons (Fsp3) is 1.00. The van der Waals surface area contributed by atoms with Crippen LogP contribution in [-0.4, -0.2) is 61.7 Å². The van der Waals surface area contributed by atoms with Crippen LogP contribution in [0.1, 0.15) is 19.8 Å². The summed E-state index contributed by atoms with van der Waals surface area (Å²) in [7, 11) is 2.27. The van der Waals surface area contributed by atoms with Crippen LogP contribution in [0.3, 0.4) is 0 Å². The third-order valence-corrected chi connectivity index (χ3v) is 5.11. The van der Waals surface area contributed by atoms with Crippen LogP contribution in [0.2, 0.25) is 0 Å². The standard InChI is InChI=1S/C13H25N3/c1-10-5-13(3-4-15(10)2)16-8-11-6-14-7-12(11)9-16/h10-14H,3-9H2,1-2H3. The van der Waals surface area contributed by atoms with Crippen molar-refractivity contribution in [2.45, 2.75) is 31.8 Å². The van der Waals surface area contributed by atoms with E-state index in [0.29, 0.717) is 0 Å². The first-order valence-electron chi connectivity index (χ1n) is 6.89. The molecule has 0 spiro atoms. The summed E-state index contributed by atoms with van der Waals surface area (Å²) in [4.78, 5) is 5.30. The normalized spacial score (nSPS) is 46.1. The van der Waals surface area contributed by atoms with E-state index in [1.165, 1.54) is 45.6 Å². The molecule has 92 valence electrons. The van der Waals surface area contributed by atoms with Gasteiger partial charge in [-0.15, -0.1) is 0 Å². The monoisotopic (exact) mass is 223 g/mol. The predicted molar refractivity (Wildman–Crippen MR) is 66.5 cm³/mol. The molecule has 3 heterocycles. The molecule has 3 nitrogen and oxygen atoms in total. The molecule has 3 fully saturated rings. The van der Waals surface area contributed by atoms with E-state index in [1.807, 2.05) is 0 Å². The van der Waals surface area contributed by atoms with Crippen molar-refractivity contribution < 1.29 is 0 Å². The van der Waals surface area contributed by atoms with Crippen LogP contribution < -0.4 is 5.32 Å². The predicted octanol–water partition coefficient (Wildman–Crippen LogP) is 0.620. The molecule has 3 heteroatoms. The number of rotatable bonds is 1. The Morgan fingerprint density at radius 1 is 1.12 bits per heavy atom. The second-order valence-corrected chi connectivity index (χ2v) is 6.14. The topological polar surface area (TPSA) is 18.5 Å². The lowest BCUT2D eigenvalue weighted by molar-refractivity contribution is 0.0989. The molecule has 0 aromatic carbocycles. The number of piperidine rings is 1. The molecule has 0 aromatic heterocycles. The van der Waals surface area contributed by atoms with E-state index < -0.39 is 0 Å². The van der Waals surface area contributed by atoms with Gasteiger partial charge < -0.3 is 10.2 Å². The molecule has 0 aliphatic carbocycles. The Balaban J connectivity index is 1.58.